The van der Waals surface area contributed by atoms with E-state index in [1.165, 1.54) is 0 Å². The van der Waals surface area contributed by atoms with Crippen molar-refractivity contribution >= 4 is 22.6 Å². The molecule has 0 amide bonds. The molecule has 26 heavy (non-hydrogen) atoms. The molecule has 1 N–H and O–H groups in total. The van der Waals surface area contributed by atoms with Crippen LogP contribution in [0.5, 0.6) is 5.75 Å². The third kappa shape index (κ3) is 2.73. The number of ether oxygens (including phenoxy) is 1. The van der Waals surface area contributed by atoms with Gasteiger partial charge in [0.2, 0.25) is 5.95 Å². The highest BCUT2D eigenvalue weighted by Gasteiger charge is 2.18. The Morgan fingerprint density at radius 2 is 2.08 bits per heavy atom. The normalized spacial score (nSPS) is 14.9. The summed E-state index contributed by atoms with van der Waals surface area (Å²) < 4.78 is 7.38. The van der Waals surface area contributed by atoms with E-state index in [-0.39, 0.29) is 5.56 Å². The maximum atomic E-state index is 12.7. The van der Waals surface area contributed by atoms with Crippen molar-refractivity contribution in [3.05, 3.63) is 63.9 Å². The van der Waals surface area contributed by atoms with Crippen molar-refractivity contribution in [1.82, 2.24) is 9.55 Å². The molecule has 0 saturated heterocycles. The van der Waals surface area contributed by atoms with Crippen LogP contribution in [0.15, 0.2) is 52.4 Å². The van der Waals surface area contributed by atoms with Crippen LogP contribution in [0.3, 0.4) is 0 Å². The molecule has 0 radical (unpaired) electrons. The Hall–Kier alpha value is -3.15. The standard InChI is InChI=1S/C20H20N4O2/c1-3-24-19(25)15-8-4-5-10-16(15)21-20(24)23-22-17-11-12-26-18-13(2)7-6-9-14(17)18/h4-10H,3,11-12H2,1-2H3,(H,21,23)/b22-17+. The summed E-state index contributed by atoms with van der Waals surface area (Å²) >= 11 is 0. The Bertz CT molecular complexity index is 1070. The van der Waals surface area contributed by atoms with Gasteiger partial charge in [-0.1, -0.05) is 24.3 Å². The molecule has 0 bridgehead atoms. The van der Waals surface area contributed by atoms with Gasteiger partial charge in [0.25, 0.3) is 5.56 Å². The van der Waals surface area contributed by atoms with E-state index < -0.39 is 0 Å². The van der Waals surface area contributed by atoms with E-state index in [4.69, 9.17) is 4.74 Å². The number of hydrogen-bond donors (Lipinski definition) is 1. The molecule has 2 heterocycles. The number of para-hydroxylation sites is 2. The third-order valence-electron chi connectivity index (χ3n) is 4.58. The second-order valence-electron chi connectivity index (χ2n) is 6.22. The molecule has 1 aromatic heterocycles. The van der Waals surface area contributed by atoms with E-state index in [1.54, 1.807) is 10.6 Å². The zero-order chi connectivity index (χ0) is 18.1. The largest absolute Gasteiger partial charge is 0.492 e. The number of nitrogens with one attached hydrogen (secondary N) is 1. The van der Waals surface area contributed by atoms with E-state index in [0.29, 0.717) is 36.4 Å². The van der Waals surface area contributed by atoms with Gasteiger partial charge >= 0.3 is 0 Å². The first kappa shape index (κ1) is 16.3. The summed E-state index contributed by atoms with van der Waals surface area (Å²) in [7, 11) is 0. The van der Waals surface area contributed by atoms with Crippen LogP contribution in [0.2, 0.25) is 0 Å². The Labute approximate surface area is 151 Å². The average molecular weight is 348 g/mol. The van der Waals surface area contributed by atoms with Crippen LogP contribution in [-0.4, -0.2) is 21.9 Å². The van der Waals surface area contributed by atoms with E-state index in [1.807, 2.05) is 50.2 Å². The van der Waals surface area contributed by atoms with Gasteiger partial charge in [-0.05, 0) is 37.6 Å². The molecule has 0 saturated carbocycles. The summed E-state index contributed by atoms with van der Waals surface area (Å²) in [5.41, 5.74) is 6.58. The predicted octanol–water partition coefficient (Wildman–Crippen LogP) is 3.32. The first-order valence-corrected chi connectivity index (χ1v) is 8.74. The van der Waals surface area contributed by atoms with Gasteiger partial charge in [0.15, 0.2) is 0 Å². The summed E-state index contributed by atoms with van der Waals surface area (Å²) in [5.74, 6) is 1.32. The van der Waals surface area contributed by atoms with Gasteiger partial charge in [0, 0.05) is 18.5 Å². The first-order chi connectivity index (χ1) is 12.7. The Kier molecular flexibility index (Phi) is 4.16. The number of benzene rings is 2. The molecule has 3 aromatic rings. The summed E-state index contributed by atoms with van der Waals surface area (Å²) in [6.07, 6.45) is 0.702. The number of anilines is 1. The number of hydrogen-bond acceptors (Lipinski definition) is 5. The lowest BCUT2D eigenvalue weighted by Crippen LogP contribution is -2.24. The van der Waals surface area contributed by atoms with Crippen LogP contribution in [0.25, 0.3) is 10.9 Å². The number of nitrogens with zero attached hydrogens (tertiary/aromatic N) is 3. The fraction of sp³-hybridized carbons (Fsp3) is 0.250. The topological polar surface area (TPSA) is 68.5 Å². The smallest absolute Gasteiger partial charge is 0.262 e. The maximum absolute atomic E-state index is 12.7. The second-order valence-corrected chi connectivity index (χ2v) is 6.22. The Balaban J connectivity index is 1.76. The van der Waals surface area contributed by atoms with Crippen molar-refractivity contribution in [1.29, 1.82) is 0 Å². The minimum absolute atomic E-state index is 0.0657. The molecule has 0 fully saturated rings. The Morgan fingerprint density at radius 3 is 2.92 bits per heavy atom. The maximum Gasteiger partial charge on any atom is 0.262 e. The van der Waals surface area contributed by atoms with E-state index in [2.05, 4.69) is 15.5 Å². The summed E-state index contributed by atoms with van der Waals surface area (Å²) in [6, 6.07) is 13.4. The van der Waals surface area contributed by atoms with Crippen LogP contribution in [0, 0.1) is 6.92 Å². The number of aryl methyl sites for hydroxylation is 1. The fourth-order valence-electron chi connectivity index (χ4n) is 3.24. The van der Waals surface area contributed by atoms with Crippen molar-refractivity contribution in [2.24, 2.45) is 5.10 Å². The minimum Gasteiger partial charge on any atom is -0.492 e. The minimum atomic E-state index is -0.0657. The molecular formula is C20H20N4O2. The average Bonchev–Trinajstić information content (AvgIpc) is 2.67. The van der Waals surface area contributed by atoms with Gasteiger partial charge in [-0.25, -0.2) is 10.4 Å². The van der Waals surface area contributed by atoms with Gasteiger partial charge in [0.1, 0.15) is 5.75 Å². The van der Waals surface area contributed by atoms with E-state index in [0.717, 1.165) is 22.6 Å². The molecule has 132 valence electrons. The SMILES string of the molecule is CCn1c(N/N=C2\CCOc3c(C)cccc32)nc2ccccc2c1=O. The molecule has 4 rings (SSSR count). The number of aromatic nitrogens is 2. The quantitative estimate of drug-likeness (QED) is 0.737. The predicted molar refractivity (Wildman–Crippen MR) is 103 cm³/mol. The first-order valence-electron chi connectivity index (χ1n) is 8.74. The van der Waals surface area contributed by atoms with Crippen molar-refractivity contribution in [2.75, 3.05) is 12.0 Å². The lowest BCUT2D eigenvalue weighted by atomic mass is 10.0. The fourth-order valence-corrected chi connectivity index (χ4v) is 3.24. The molecule has 0 spiro atoms. The van der Waals surface area contributed by atoms with Crippen LogP contribution >= 0.6 is 0 Å². The van der Waals surface area contributed by atoms with Crippen molar-refractivity contribution in [2.45, 2.75) is 26.8 Å². The lowest BCUT2D eigenvalue weighted by molar-refractivity contribution is 0.318. The van der Waals surface area contributed by atoms with Gasteiger partial charge in [-0.3, -0.25) is 9.36 Å². The molecule has 1 aliphatic heterocycles. The molecule has 0 unspecified atom stereocenters. The molecule has 2 aromatic carbocycles. The van der Waals surface area contributed by atoms with Gasteiger partial charge in [-0.2, -0.15) is 5.10 Å². The lowest BCUT2D eigenvalue weighted by Gasteiger charge is -2.21. The summed E-state index contributed by atoms with van der Waals surface area (Å²) in [4.78, 5) is 17.3. The number of rotatable bonds is 3. The zero-order valence-electron chi connectivity index (χ0n) is 14.8. The molecule has 0 atom stereocenters. The van der Waals surface area contributed by atoms with Gasteiger partial charge in [0.05, 0.1) is 23.2 Å². The second kappa shape index (κ2) is 6.63. The van der Waals surface area contributed by atoms with E-state index >= 15 is 0 Å². The van der Waals surface area contributed by atoms with Crippen molar-refractivity contribution < 1.29 is 4.74 Å². The highest BCUT2D eigenvalue weighted by Crippen LogP contribution is 2.28. The molecular weight excluding hydrogens is 328 g/mol. The molecule has 6 nitrogen and oxygen atoms in total. The van der Waals surface area contributed by atoms with Crippen molar-refractivity contribution in [3.8, 4) is 5.75 Å². The van der Waals surface area contributed by atoms with Crippen molar-refractivity contribution in [3.63, 3.8) is 0 Å². The monoisotopic (exact) mass is 348 g/mol. The number of fused-ring (bicyclic) bond motifs is 2. The highest BCUT2D eigenvalue weighted by atomic mass is 16.5. The third-order valence-corrected chi connectivity index (χ3v) is 4.58. The number of hydrazone groups is 1. The van der Waals surface area contributed by atoms with Gasteiger partial charge in [-0.15, -0.1) is 0 Å². The Morgan fingerprint density at radius 1 is 1.23 bits per heavy atom. The highest BCUT2D eigenvalue weighted by molar-refractivity contribution is 6.04. The van der Waals surface area contributed by atoms with Crippen LogP contribution in [-0.2, 0) is 6.54 Å². The molecule has 6 heteroatoms. The zero-order valence-corrected chi connectivity index (χ0v) is 14.8. The van der Waals surface area contributed by atoms with E-state index in [9.17, 15) is 4.79 Å². The molecule has 1 aliphatic rings. The van der Waals surface area contributed by atoms with Crippen LogP contribution in [0.4, 0.5) is 5.95 Å². The molecule has 0 aliphatic carbocycles. The summed E-state index contributed by atoms with van der Waals surface area (Å²) in [5, 5.41) is 5.17. The van der Waals surface area contributed by atoms with Crippen LogP contribution in [0.1, 0.15) is 24.5 Å². The summed E-state index contributed by atoms with van der Waals surface area (Å²) in [6.45, 7) is 5.05. The van der Waals surface area contributed by atoms with Crippen LogP contribution < -0.4 is 15.7 Å². The van der Waals surface area contributed by atoms with Gasteiger partial charge < -0.3 is 4.74 Å².